The Labute approximate surface area is 148 Å². The number of benzene rings is 1. The smallest absolute Gasteiger partial charge is 0.199 e. The number of nitrogens with two attached hydrogens (primary N) is 1. The SMILES string of the molecule is CCn1c(-c2nonc2N)nc2cncc(-c3ccc(SC)cc3)c21. The number of thioether (sulfide) groups is 1. The molecule has 0 aliphatic heterocycles. The zero-order chi connectivity index (χ0) is 17.4. The molecule has 1 aromatic carbocycles. The lowest BCUT2D eigenvalue weighted by Gasteiger charge is -2.09. The monoisotopic (exact) mass is 352 g/mol. The van der Waals surface area contributed by atoms with E-state index in [-0.39, 0.29) is 5.82 Å². The molecule has 0 aliphatic rings. The summed E-state index contributed by atoms with van der Waals surface area (Å²) in [5.74, 6) is 0.857. The summed E-state index contributed by atoms with van der Waals surface area (Å²) in [6.45, 7) is 2.76. The Morgan fingerprint density at radius 2 is 1.96 bits per heavy atom. The number of hydrogen-bond donors (Lipinski definition) is 1. The lowest BCUT2D eigenvalue weighted by atomic mass is 10.1. The number of anilines is 1. The Bertz CT molecular complexity index is 1040. The van der Waals surface area contributed by atoms with Crippen molar-refractivity contribution in [2.45, 2.75) is 18.4 Å². The first-order valence-electron chi connectivity index (χ1n) is 7.80. The molecule has 0 bridgehead atoms. The van der Waals surface area contributed by atoms with E-state index >= 15 is 0 Å². The van der Waals surface area contributed by atoms with Crippen molar-refractivity contribution in [2.75, 3.05) is 12.0 Å². The molecule has 4 rings (SSSR count). The number of fused-ring (bicyclic) bond motifs is 1. The van der Waals surface area contributed by atoms with Gasteiger partial charge in [-0.05, 0) is 41.2 Å². The highest BCUT2D eigenvalue weighted by molar-refractivity contribution is 7.98. The van der Waals surface area contributed by atoms with Crippen LogP contribution in [0.1, 0.15) is 6.92 Å². The predicted molar refractivity (Wildman–Crippen MR) is 98.1 cm³/mol. The van der Waals surface area contributed by atoms with Gasteiger partial charge in [0.05, 0.1) is 11.7 Å². The minimum atomic E-state index is 0.226. The van der Waals surface area contributed by atoms with Gasteiger partial charge >= 0.3 is 0 Å². The van der Waals surface area contributed by atoms with E-state index in [1.807, 2.05) is 6.20 Å². The van der Waals surface area contributed by atoms with Crippen molar-refractivity contribution in [3.63, 3.8) is 0 Å². The van der Waals surface area contributed by atoms with Crippen LogP contribution in [0.2, 0.25) is 0 Å². The summed E-state index contributed by atoms with van der Waals surface area (Å²) in [6.07, 6.45) is 5.67. The fourth-order valence-corrected chi connectivity index (χ4v) is 3.32. The van der Waals surface area contributed by atoms with E-state index in [1.165, 1.54) is 4.90 Å². The van der Waals surface area contributed by atoms with Crippen molar-refractivity contribution in [3.8, 4) is 22.6 Å². The third kappa shape index (κ3) is 2.54. The molecule has 8 heteroatoms. The highest BCUT2D eigenvalue weighted by atomic mass is 32.2. The van der Waals surface area contributed by atoms with Crippen molar-refractivity contribution in [1.29, 1.82) is 0 Å². The second kappa shape index (κ2) is 6.21. The number of pyridine rings is 1. The van der Waals surface area contributed by atoms with Gasteiger partial charge in [-0.3, -0.25) is 4.98 Å². The first-order valence-corrected chi connectivity index (χ1v) is 9.02. The molecule has 3 heterocycles. The highest BCUT2D eigenvalue weighted by Crippen LogP contribution is 2.33. The summed E-state index contributed by atoms with van der Waals surface area (Å²) in [7, 11) is 0. The Hall–Kier alpha value is -2.87. The van der Waals surface area contributed by atoms with E-state index in [0.29, 0.717) is 18.1 Å². The van der Waals surface area contributed by atoms with Crippen LogP contribution in [0.3, 0.4) is 0 Å². The zero-order valence-electron chi connectivity index (χ0n) is 13.8. The number of imidazole rings is 1. The maximum atomic E-state index is 5.86. The molecule has 0 atom stereocenters. The quantitative estimate of drug-likeness (QED) is 0.562. The van der Waals surface area contributed by atoms with Crippen LogP contribution < -0.4 is 5.73 Å². The molecule has 0 spiro atoms. The van der Waals surface area contributed by atoms with E-state index in [4.69, 9.17) is 10.4 Å². The highest BCUT2D eigenvalue weighted by Gasteiger charge is 2.20. The number of aromatic nitrogens is 5. The van der Waals surface area contributed by atoms with Gasteiger partial charge in [0.15, 0.2) is 17.3 Å². The molecule has 0 aliphatic carbocycles. The van der Waals surface area contributed by atoms with E-state index in [9.17, 15) is 0 Å². The predicted octanol–water partition coefficient (Wildman–Crippen LogP) is 3.47. The Morgan fingerprint density at radius 1 is 1.16 bits per heavy atom. The van der Waals surface area contributed by atoms with Gasteiger partial charge in [0.1, 0.15) is 5.52 Å². The lowest BCUT2D eigenvalue weighted by Crippen LogP contribution is -2.01. The van der Waals surface area contributed by atoms with Crippen LogP contribution in [0.4, 0.5) is 5.82 Å². The van der Waals surface area contributed by atoms with Crippen molar-refractivity contribution in [2.24, 2.45) is 0 Å². The number of hydrogen-bond acceptors (Lipinski definition) is 7. The maximum Gasteiger partial charge on any atom is 0.199 e. The van der Waals surface area contributed by atoms with Crippen molar-refractivity contribution in [3.05, 3.63) is 36.7 Å². The summed E-state index contributed by atoms with van der Waals surface area (Å²) in [4.78, 5) is 10.2. The van der Waals surface area contributed by atoms with Crippen LogP contribution in [0, 0.1) is 0 Å². The fourth-order valence-electron chi connectivity index (χ4n) is 2.91. The number of rotatable bonds is 4. The van der Waals surface area contributed by atoms with Crippen LogP contribution in [0.25, 0.3) is 33.7 Å². The average Bonchev–Trinajstić information content (AvgIpc) is 3.24. The Balaban J connectivity index is 1.97. The van der Waals surface area contributed by atoms with Gasteiger partial charge < -0.3 is 10.3 Å². The molecule has 0 unspecified atom stereocenters. The van der Waals surface area contributed by atoms with Crippen molar-refractivity contribution in [1.82, 2.24) is 24.8 Å². The average molecular weight is 352 g/mol. The molecule has 7 nitrogen and oxygen atoms in total. The standard InChI is InChI=1S/C17H16N6OS/c1-3-23-15-12(10-4-6-11(25-2)7-5-10)8-19-9-13(15)20-17(23)14-16(18)22-24-21-14/h4-9H,3H2,1-2H3,(H2,18,22). The third-order valence-electron chi connectivity index (χ3n) is 4.09. The fraction of sp³-hybridized carbons (Fsp3) is 0.176. The maximum absolute atomic E-state index is 5.86. The van der Waals surface area contributed by atoms with E-state index < -0.39 is 0 Å². The Kier molecular flexibility index (Phi) is 3.89. The number of nitrogen functional groups attached to an aromatic ring is 1. The van der Waals surface area contributed by atoms with Crippen molar-refractivity contribution >= 4 is 28.6 Å². The lowest BCUT2D eigenvalue weighted by molar-refractivity contribution is 0.310. The van der Waals surface area contributed by atoms with Gasteiger partial charge in [-0.15, -0.1) is 11.8 Å². The second-order valence-electron chi connectivity index (χ2n) is 5.46. The molecule has 4 aromatic rings. The van der Waals surface area contributed by atoms with Gasteiger partial charge in [-0.2, -0.15) is 0 Å². The van der Waals surface area contributed by atoms with Crippen molar-refractivity contribution < 1.29 is 4.63 Å². The topological polar surface area (TPSA) is 95.7 Å². The minimum Gasteiger partial charge on any atom is -0.379 e. The summed E-state index contributed by atoms with van der Waals surface area (Å²) in [5, 5.41) is 7.56. The molecule has 0 amide bonds. The molecule has 25 heavy (non-hydrogen) atoms. The summed E-state index contributed by atoms with van der Waals surface area (Å²) in [5.41, 5.74) is 10.2. The van der Waals surface area contributed by atoms with Crippen LogP contribution in [-0.4, -0.2) is 31.1 Å². The van der Waals surface area contributed by atoms with Gasteiger partial charge in [0.25, 0.3) is 0 Å². The van der Waals surface area contributed by atoms with Crippen LogP contribution in [-0.2, 0) is 6.54 Å². The first kappa shape index (κ1) is 15.6. The molecular weight excluding hydrogens is 336 g/mol. The molecule has 126 valence electrons. The molecular formula is C17H16N6OS. The molecule has 0 saturated heterocycles. The van der Waals surface area contributed by atoms with Crippen LogP contribution in [0.15, 0.2) is 46.2 Å². The summed E-state index contributed by atoms with van der Waals surface area (Å²) in [6, 6.07) is 8.40. The third-order valence-corrected chi connectivity index (χ3v) is 4.84. The van der Waals surface area contributed by atoms with E-state index in [0.717, 1.165) is 22.2 Å². The number of nitrogens with zero attached hydrogens (tertiary/aromatic N) is 5. The molecule has 2 N–H and O–H groups in total. The van der Waals surface area contributed by atoms with Crippen LogP contribution >= 0.6 is 11.8 Å². The van der Waals surface area contributed by atoms with Crippen LogP contribution in [0.5, 0.6) is 0 Å². The zero-order valence-corrected chi connectivity index (χ0v) is 14.6. The number of aryl methyl sites for hydroxylation is 1. The van der Waals surface area contributed by atoms with Gasteiger partial charge in [-0.1, -0.05) is 12.1 Å². The molecule has 0 saturated carbocycles. The molecule has 0 fully saturated rings. The van der Waals surface area contributed by atoms with Gasteiger partial charge in [0, 0.05) is 23.2 Å². The molecule has 0 radical (unpaired) electrons. The van der Waals surface area contributed by atoms with E-state index in [2.05, 4.69) is 62.3 Å². The second-order valence-corrected chi connectivity index (χ2v) is 6.34. The molecule has 3 aromatic heterocycles. The minimum absolute atomic E-state index is 0.226. The first-order chi connectivity index (χ1) is 12.2. The van der Waals surface area contributed by atoms with Gasteiger partial charge in [0.2, 0.25) is 0 Å². The largest absolute Gasteiger partial charge is 0.379 e. The summed E-state index contributed by atoms with van der Waals surface area (Å²) < 4.78 is 6.80. The van der Waals surface area contributed by atoms with Gasteiger partial charge in [-0.25, -0.2) is 9.61 Å². The normalized spacial score (nSPS) is 11.3. The summed E-state index contributed by atoms with van der Waals surface area (Å²) >= 11 is 1.72. The van der Waals surface area contributed by atoms with E-state index in [1.54, 1.807) is 18.0 Å². The Morgan fingerprint density at radius 3 is 2.60 bits per heavy atom.